The van der Waals surface area contributed by atoms with Gasteiger partial charge in [-0.15, -0.1) is 10.2 Å². The van der Waals surface area contributed by atoms with E-state index in [-0.39, 0.29) is 18.7 Å². The van der Waals surface area contributed by atoms with E-state index in [4.69, 9.17) is 9.72 Å². The standard InChI is InChI=1S/C32H35F3N8O2/c1-18-15-25(41(6)40-18)23-10-7-20-8-11-24(37-27(20)19(23)2)29-39-38-26-12-9-21(16-43(26)29)28(32(33,34)35)42-14-13-22(17-42)36-30(44)45-31(3,4)5/h7-12,15-16,22,28H,13-14,17H2,1-6H3,(H,36,44)/t22-,28+/m0/s1. The quantitative estimate of drug-likeness (QED) is 0.251. The van der Waals surface area contributed by atoms with E-state index in [1.165, 1.54) is 23.2 Å². The fourth-order valence-electron chi connectivity index (χ4n) is 6.06. The molecule has 0 saturated carbocycles. The summed E-state index contributed by atoms with van der Waals surface area (Å²) in [6, 6.07) is 10.4. The molecule has 5 heterocycles. The molecule has 1 amide bonds. The third-order valence-electron chi connectivity index (χ3n) is 7.98. The minimum absolute atomic E-state index is 0.0283. The van der Waals surface area contributed by atoms with Gasteiger partial charge in [-0.25, -0.2) is 9.78 Å². The lowest BCUT2D eigenvalue weighted by molar-refractivity contribution is -0.184. The Balaban J connectivity index is 1.33. The summed E-state index contributed by atoms with van der Waals surface area (Å²) in [6.45, 7) is 9.31. The molecule has 5 aromatic rings. The summed E-state index contributed by atoms with van der Waals surface area (Å²) in [4.78, 5) is 18.5. The van der Waals surface area contributed by atoms with Crippen molar-refractivity contribution in [1.82, 2.24) is 39.6 Å². The monoisotopic (exact) mass is 620 g/mol. The van der Waals surface area contributed by atoms with E-state index in [2.05, 4.69) is 20.6 Å². The van der Waals surface area contributed by atoms with Gasteiger partial charge in [0.25, 0.3) is 0 Å². The molecule has 4 aromatic heterocycles. The number of halogens is 3. The molecule has 1 aromatic carbocycles. The van der Waals surface area contributed by atoms with Crippen molar-refractivity contribution in [3.05, 3.63) is 65.5 Å². The van der Waals surface area contributed by atoms with Gasteiger partial charge in [0.1, 0.15) is 17.3 Å². The zero-order valence-corrected chi connectivity index (χ0v) is 26.0. The molecule has 0 bridgehead atoms. The smallest absolute Gasteiger partial charge is 0.408 e. The van der Waals surface area contributed by atoms with Crippen molar-refractivity contribution in [3.8, 4) is 22.8 Å². The molecule has 1 aliphatic rings. The Kier molecular flexibility index (Phi) is 7.54. The van der Waals surface area contributed by atoms with Crippen LogP contribution in [0.3, 0.4) is 0 Å². The fraction of sp³-hybridized carbons (Fsp3) is 0.406. The van der Waals surface area contributed by atoms with Gasteiger partial charge in [-0.1, -0.05) is 24.3 Å². The van der Waals surface area contributed by atoms with Crippen molar-refractivity contribution >= 4 is 22.6 Å². The summed E-state index contributed by atoms with van der Waals surface area (Å²) < 4.78 is 52.6. The SMILES string of the molecule is Cc1cc(-c2ccc3ccc(-c4nnc5ccc([C@@H](N6CC[C@H](NC(=O)OC(C)(C)C)C6)C(F)(F)F)cn45)nc3c2C)n(C)n1. The number of alkyl carbamates (subject to hydrolysis) is 1. The summed E-state index contributed by atoms with van der Waals surface area (Å²) in [6.07, 6.45) is -3.41. The third-order valence-corrected chi connectivity index (χ3v) is 7.98. The van der Waals surface area contributed by atoms with Crippen LogP contribution in [-0.2, 0) is 11.8 Å². The molecule has 0 unspecified atom stereocenters. The van der Waals surface area contributed by atoms with Crippen molar-refractivity contribution in [1.29, 1.82) is 0 Å². The number of hydrogen-bond donors (Lipinski definition) is 1. The minimum Gasteiger partial charge on any atom is -0.444 e. The Morgan fingerprint density at radius 3 is 2.51 bits per heavy atom. The van der Waals surface area contributed by atoms with Crippen LogP contribution in [-0.4, -0.2) is 71.3 Å². The Bertz CT molecular complexity index is 1910. The number of carbonyl (C=O) groups excluding carboxylic acids is 1. The van der Waals surface area contributed by atoms with Crippen molar-refractivity contribution in [2.24, 2.45) is 7.05 Å². The predicted molar refractivity (Wildman–Crippen MR) is 164 cm³/mol. The lowest BCUT2D eigenvalue weighted by atomic mass is 10.0. The lowest BCUT2D eigenvalue weighted by Crippen LogP contribution is -2.42. The first-order valence-electron chi connectivity index (χ1n) is 14.7. The van der Waals surface area contributed by atoms with E-state index in [1.54, 1.807) is 31.2 Å². The highest BCUT2D eigenvalue weighted by Crippen LogP contribution is 2.40. The van der Waals surface area contributed by atoms with Crippen LogP contribution >= 0.6 is 0 Å². The first kappa shape index (κ1) is 30.5. The highest BCUT2D eigenvalue weighted by molar-refractivity contribution is 5.89. The van der Waals surface area contributed by atoms with E-state index >= 15 is 0 Å². The van der Waals surface area contributed by atoms with Gasteiger partial charge in [-0.3, -0.25) is 14.0 Å². The largest absolute Gasteiger partial charge is 0.444 e. The second kappa shape index (κ2) is 11.1. The Morgan fingerprint density at radius 2 is 1.82 bits per heavy atom. The number of rotatable bonds is 5. The number of aromatic nitrogens is 6. The van der Waals surface area contributed by atoms with Crippen molar-refractivity contribution in [3.63, 3.8) is 0 Å². The van der Waals surface area contributed by atoms with Gasteiger partial charge in [-0.05, 0) is 70.4 Å². The van der Waals surface area contributed by atoms with Crippen LogP contribution in [0.4, 0.5) is 18.0 Å². The molecule has 45 heavy (non-hydrogen) atoms. The highest BCUT2D eigenvalue weighted by Gasteiger charge is 2.47. The zero-order valence-electron chi connectivity index (χ0n) is 26.0. The van der Waals surface area contributed by atoms with Gasteiger partial charge >= 0.3 is 12.3 Å². The van der Waals surface area contributed by atoms with E-state index in [9.17, 15) is 18.0 Å². The predicted octanol–water partition coefficient (Wildman–Crippen LogP) is 6.16. The molecule has 6 rings (SSSR count). The van der Waals surface area contributed by atoms with Gasteiger partial charge in [0.2, 0.25) is 0 Å². The summed E-state index contributed by atoms with van der Waals surface area (Å²) in [5, 5.41) is 16.6. The molecule has 2 atom stereocenters. The summed E-state index contributed by atoms with van der Waals surface area (Å²) in [7, 11) is 1.89. The Labute approximate surface area is 258 Å². The van der Waals surface area contributed by atoms with E-state index in [0.717, 1.165) is 33.4 Å². The number of aryl methyl sites for hydroxylation is 3. The summed E-state index contributed by atoms with van der Waals surface area (Å²) in [5.41, 5.74) is 4.78. The first-order chi connectivity index (χ1) is 21.2. The zero-order chi connectivity index (χ0) is 32.3. The second-order valence-corrected chi connectivity index (χ2v) is 12.6. The van der Waals surface area contributed by atoms with Crippen molar-refractivity contribution in [2.75, 3.05) is 13.1 Å². The molecule has 0 radical (unpaired) electrons. The average Bonchev–Trinajstić information content (AvgIpc) is 3.65. The highest BCUT2D eigenvalue weighted by atomic mass is 19.4. The fourth-order valence-corrected chi connectivity index (χ4v) is 6.06. The Morgan fingerprint density at radius 1 is 1.07 bits per heavy atom. The van der Waals surface area contributed by atoms with Crippen LogP contribution in [0, 0.1) is 13.8 Å². The number of pyridine rings is 2. The molecular formula is C32H35F3N8O2. The number of carbonyl (C=O) groups is 1. The van der Waals surface area contributed by atoms with Gasteiger partial charge < -0.3 is 10.1 Å². The van der Waals surface area contributed by atoms with Gasteiger partial charge in [0.15, 0.2) is 11.5 Å². The maximum Gasteiger partial charge on any atom is 0.408 e. The third kappa shape index (κ3) is 6.08. The van der Waals surface area contributed by atoms with E-state index in [0.29, 0.717) is 23.6 Å². The van der Waals surface area contributed by atoms with Crippen LogP contribution in [0.1, 0.15) is 50.1 Å². The second-order valence-electron chi connectivity index (χ2n) is 12.6. The molecular weight excluding hydrogens is 585 g/mol. The van der Waals surface area contributed by atoms with Crippen molar-refractivity contribution < 1.29 is 22.7 Å². The van der Waals surface area contributed by atoms with Crippen molar-refractivity contribution in [2.45, 2.75) is 64.9 Å². The molecule has 10 nitrogen and oxygen atoms in total. The van der Waals surface area contributed by atoms with E-state index < -0.39 is 30.0 Å². The number of ether oxygens (including phenoxy) is 1. The number of benzene rings is 1. The number of fused-ring (bicyclic) bond motifs is 2. The van der Waals surface area contributed by atoms with Gasteiger partial charge in [-0.2, -0.15) is 18.3 Å². The van der Waals surface area contributed by atoms with Gasteiger partial charge in [0.05, 0.1) is 16.9 Å². The van der Waals surface area contributed by atoms with Crippen LogP contribution in [0.2, 0.25) is 0 Å². The topological polar surface area (TPSA) is 102 Å². The maximum atomic E-state index is 14.6. The van der Waals surface area contributed by atoms with Crippen LogP contribution in [0.15, 0.2) is 48.7 Å². The number of alkyl halides is 3. The lowest BCUT2D eigenvalue weighted by Gasteiger charge is -2.30. The minimum atomic E-state index is -4.57. The van der Waals surface area contributed by atoms with Crippen LogP contribution < -0.4 is 5.32 Å². The van der Waals surface area contributed by atoms with Gasteiger partial charge in [0, 0.05) is 43.3 Å². The molecule has 0 spiro atoms. The number of nitrogens with zero attached hydrogens (tertiary/aromatic N) is 7. The molecule has 1 N–H and O–H groups in total. The first-order valence-corrected chi connectivity index (χ1v) is 14.7. The molecule has 0 aliphatic carbocycles. The number of amides is 1. The number of nitrogens with one attached hydrogen (secondary N) is 1. The van der Waals surface area contributed by atoms with E-state index in [1.807, 2.05) is 49.8 Å². The number of likely N-dealkylation sites (tertiary alicyclic amines) is 1. The molecule has 236 valence electrons. The van der Waals surface area contributed by atoms with Crippen LogP contribution in [0.25, 0.3) is 39.3 Å². The average molecular weight is 621 g/mol. The number of hydrogen-bond acceptors (Lipinski definition) is 7. The normalized spacial score (nSPS) is 16.9. The molecule has 1 aliphatic heterocycles. The summed E-state index contributed by atoms with van der Waals surface area (Å²) >= 11 is 0. The molecule has 1 fully saturated rings. The van der Waals surface area contributed by atoms with Crippen LogP contribution in [0.5, 0.6) is 0 Å². The molecule has 1 saturated heterocycles. The summed E-state index contributed by atoms with van der Waals surface area (Å²) in [5.74, 6) is 0.335. The molecule has 13 heteroatoms. The Hall–Kier alpha value is -4.52. The maximum absolute atomic E-state index is 14.6.